The van der Waals surface area contributed by atoms with E-state index in [2.05, 4.69) is 5.32 Å². The van der Waals surface area contributed by atoms with Gasteiger partial charge in [-0.15, -0.1) is 0 Å². The second-order valence-corrected chi connectivity index (χ2v) is 3.16. The zero-order valence-electron chi connectivity index (χ0n) is 6.79. The summed E-state index contributed by atoms with van der Waals surface area (Å²) in [5, 5.41) is 20.7. The Morgan fingerprint density at radius 3 is 2.73 bits per heavy atom. The second kappa shape index (κ2) is 4.70. The van der Waals surface area contributed by atoms with E-state index in [1.54, 1.807) is 0 Å². The third-order valence-electron chi connectivity index (χ3n) is 2.41. The van der Waals surface area contributed by atoms with Crippen LogP contribution in [0.3, 0.4) is 0 Å². The molecule has 2 atom stereocenters. The molecule has 66 valence electrons. The molecular weight excluding hydrogens is 142 g/mol. The number of aliphatic hydroxyl groups excluding tert-OH is 2. The summed E-state index contributed by atoms with van der Waals surface area (Å²) in [6.07, 6.45) is 3.47. The highest BCUT2D eigenvalue weighted by atomic mass is 16.3. The predicted molar refractivity (Wildman–Crippen MR) is 43.3 cm³/mol. The molecule has 0 bridgehead atoms. The topological polar surface area (TPSA) is 52.5 Å². The molecule has 0 amide bonds. The lowest BCUT2D eigenvalue weighted by Gasteiger charge is -2.17. The van der Waals surface area contributed by atoms with Crippen LogP contribution in [0.4, 0.5) is 0 Å². The van der Waals surface area contributed by atoms with Gasteiger partial charge >= 0.3 is 0 Å². The molecule has 0 heterocycles. The summed E-state index contributed by atoms with van der Waals surface area (Å²) >= 11 is 0. The van der Waals surface area contributed by atoms with Crippen LogP contribution in [0.5, 0.6) is 0 Å². The van der Waals surface area contributed by atoms with Crippen molar-refractivity contribution in [3.05, 3.63) is 0 Å². The molecule has 0 aromatic rings. The van der Waals surface area contributed by atoms with E-state index in [-0.39, 0.29) is 13.2 Å². The van der Waals surface area contributed by atoms with E-state index < -0.39 is 0 Å². The first-order chi connectivity index (χ1) is 5.38. The third kappa shape index (κ3) is 2.43. The van der Waals surface area contributed by atoms with Crippen LogP contribution in [0.15, 0.2) is 0 Å². The summed E-state index contributed by atoms with van der Waals surface area (Å²) in [7, 11) is 0. The minimum atomic E-state index is 0.189. The molecule has 3 N–H and O–H groups in total. The van der Waals surface area contributed by atoms with Gasteiger partial charge < -0.3 is 15.5 Å². The lowest BCUT2D eigenvalue weighted by Crippen LogP contribution is -2.35. The van der Waals surface area contributed by atoms with Gasteiger partial charge in [-0.3, -0.25) is 0 Å². The maximum absolute atomic E-state index is 8.93. The summed E-state index contributed by atoms with van der Waals surface area (Å²) in [6, 6.07) is 0.437. The van der Waals surface area contributed by atoms with Gasteiger partial charge in [0.2, 0.25) is 0 Å². The fourth-order valence-electron chi connectivity index (χ4n) is 1.77. The molecule has 0 saturated heterocycles. The van der Waals surface area contributed by atoms with Gasteiger partial charge in [-0.2, -0.15) is 0 Å². The van der Waals surface area contributed by atoms with Crippen molar-refractivity contribution >= 4 is 0 Å². The van der Waals surface area contributed by atoms with Crippen molar-refractivity contribution in [3.63, 3.8) is 0 Å². The zero-order valence-corrected chi connectivity index (χ0v) is 6.79. The number of nitrogens with one attached hydrogen (secondary N) is 1. The predicted octanol–water partition coefficient (Wildman–Crippen LogP) is -0.271. The molecule has 3 heteroatoms. The molecule has 0 radical (unpaired) electrons. The van der Waals surface area contributed by atoms with Crippen LogP contribution < -0.4 is 5.32 Å². The SMILES string of the molecule is OCCN[C@@H]1CCC[C@H]1CO. The van der Waals surface area contributed by atoms with Crippen LogP contribution in [0.1, 0.15) is 19.3 Å². The van der Waals surface area contributed by atoms with Crippen LogP contribution in [0, 0.1) is 5.92 Å². The molecule has 1 saturated carbocycles. The molecule has 1 fully saturated rings. The maximum atomic E-state index is 8.93. The monoisotopic (exact) mass is 159 g/mol. The zero-order chi connectivity index (χ0) is 8.10. The van der Waals surface area contributed by atoms with Gasteiger partial charge in [0.15, 0.2) is 0 Å². The Hall–Kier alpha value is -0.120. The summed E-state index contributed by atoms with van der Waals surface area (Å²) in [5.74, 6) is 0.418. The van der Waals surface area contributed by atoms with E-state index in [0.717, 1.165) is 12.8 Å². The van der Waals surface area contributed by atoms with Crippen LogP contribution in [0.25, 0.3) is 0 Å². The third-order valence-corrected chi connectivity index (χ3v) is 2.41. The average Bonchev–Trinajstić information content (AvgIpc) is 2.47. The van der Waals surface area contributed by atoms with Gasteiger partial charge in [0, 0.05) is 19.2 Å². The Labute approximate surface area is 67.4 Å². The molecule has 0 aliphatic heterocycles. The molecule has 3 nitrogen and oxygen atoms in total. The Bertz CT molecular complexity index is 108. The Kier molecular flexibility index (Phi) is 3.83. The van der Waals surface area contributed by atoms with Crippen molar-refractivity contribution in [3.8, 4) is 0 Å². The number of hydrogen-bond acceptors (Lipinski definition) is 3. The molecule has 0 aromatic heterocycles. The second-order valence-electron chi connectivity index (χ2n) is 3.16. The summed E-state index contributed by atoms with van der Waals surface area (Å²) in [5.41, 5.74) is 0. The summed E-state index contributed by atoms with van der Waals surface area (Å²) in [4.78, 5) is 0. The molecule has 1 aliphatic carbocycles. The molecule has 11 heavy (non-hydrogen) atoms. The average molecular weight is 159 g/mol. The van der Waals surface area contributed by atoms with Gasteiger partial charge in [-0.05, 0) is 18.8 Å². The lowest BCUT2D eigenvalue weighted by molar-refractivity contribution is 0.199. The molecule has 0 spiro atoms. The highest BCUT2D eigenvalue weighted by molar-refractivity contribution is 4.82. The van der Waals surface area contributed by atoms with Crippen molar-refractivity contribution in [1.29, 1.82) is 0 Å². The van der Waals surface area contributed by atoms with E-state index in [1.807, 2.05) is 0 Å². The Morgan fingerprint density at radius 2 is 2.09 bits per heavy atom. The fourth-order valence-corrected chi connectivity index (χ4v) is 1.77. The van der Waals surface area contributed by atoms with Crippen LogP contribution in [-0.4, -0.2) is 36.0 Å². The molecule has 0 unspecified atom stereocenters. The Morgan fingerprint density at radius 1 is 1.27 bits per heavy atom. The first-order valence-electron chi connectivity index (χ1n) is 4.33. The minimum absolute atomic E-state index is 0.189. The largest absolute Gasteiger partial charge is 0.396 e. The number of rotatable bonds is 4. The van der Waals surface area contributed by atoms with Crippen LogP contribution in [-0.2, 0) is 0 Å². The van der Waals surface area contributed by atoms with Gasteiger partial charge in [0.05, 0.1) is 6.61 Å². The normalized spacial score (nSPS) is 31.1. The fraction of sp³-hybridized carbons (Fsp3) is 1.00. The molecule has 1 rings (SSSR count). The van der Waals surface area contributed by atoms with Gasteiger partial charge in [-0.25, -0.2) is 0 Å². The molecular formula is C8H17NO2. The Balaban J connectivity index is 2.20. The molecule has 1 aliphatic rings. The minimum Gasteiger partial charge on any atom is -0.396 e. The van der Waals surface area contributed by atoms with Crippen LogP contribution in [0.2, 0.25) is 0 Å². The standard InChI is InChI=1S/C8H17NO2/c10-5-4-9-8-3-1-2-7(8)6-11/h7-11H,1-6H2/t7-,8+/m0/s1. The van der Waals surface area contributed by atoms with Gasteiger partial charge in [-0.1, -0.05) is 6.42 Å². The van der Waals surface area contributed by atoms with E-state index in [4.69, 9.17) is 10.2 Å². The van der Waals surface area contributed by atoms with Gasteiger partial charge in [0.25, 0.3) is 0 Å². The lowest BCUT2D eigenvalue weighted by atomic mass is 10.1. The van der Waals surface area contributed by atoms with Gasteiger partial charge in [0.1, 0.15) is 0 Å². The molecule has 0 aromatic carbocycles. The first kappa shape index (κ1) is 8.97. The van der Waals surface area contributed by atoms with E-state index in [0.29, 0.717) is 18.5 Å². The van der Waals surface area contributed by atoms with Crippen molar-refractivity contribution in [2.24, 2.45) is 5.92 Å². The van der Waals surface area contributed by atoms with Crippen molar-refractivity contribution in [1.82, 2.24) is 5.32 Å². The maximum Gasteiger partial charge on any atom is 0.0556 e. The van der Waals surface area contributed by atoms with Crippen molar-refractivity contribution < 1.29 is 10.2 Å². The number of hydrogen-bond donors (Lipinski definition) is 3. The quantitative estimate of drug-likeness (QED) is 0.529. The van der Waals surface area contributed by atoms with Crippen molar-refractivity contribution in [2.75, 3.05) is 19.8 Å². The highest BCUT2D eigenvalue weighted by Gasteiger charge is 2.25. The van der Waals surface area contributed by atoms with E-state index in [1.165, 1.54) is 6.42 Å². The summed E-state index contributed by atoms with van der Waals surface area (Å²) in [6.45, 7) is 1.12. The number of aliphatic hydroxyl groups is 2. The van der Waals surface area contributed by atoms with Crippen LogP contribution >= 0.6 is 0 Å². The van der Waals surface area contributed by atoms with Crippen molar-refractivity contribution in [2.45, 2.75) is 25.3 Å². The van der Waals surface area contributed by atoms with E-state index >= 15 is 0 Å². The smallest absolute Gasteiger partial charge is 0.0556 e. The highest BCUT2D eigenvalue weighted by Crippen LogP contribution is 2.24. The van der Waals surface area contributed by atoms with E-state index in [9.17, 15) is 0 Å². The summed E-state index contributed by atoms with van der Waals surface area (Å²) < 4.78 is 0. The first-order valence-corrected chi connectivity index (χ1v) is 4.33.